The molecule has 0 unspecified atom stereocenters. The molecule has 0 heterocycles. The van der Waals surface area contributed by atoms with Crippen molar-refractivity contribution in [2.45, 2.75) is 51.4 Å². The molecule has 0 aromatic heterocycles. The Bertz CT molecular complexity index is 239. The second kappa shape index (κ2) is 6.38. The molecule has 16 heavy (non-hydrogen) atoms. The van der Waals surface area contributed by atoms with E-state index in [2.05, 4.69) is 40.4 Å². The van der Waals surface area contributed by atoms with Gasteiger partial charge in [0.1, 0.15) is 0 Å². The molecule has 1 N–H and O–H groups in total. The van der Waals surface area contributed by atoms with E-state index in [9.17, 15) is 0 Å². The van der Waals surface area contributed by atoms with Gasteiger partial charge in [-0.3, -0.25) is 0 Å². The zero-order chi connectivity index (χ0) is 12.8. The molecule has 0 aliphatic carbocycles. The van der Waals surface area contributed by atoms with Crippen LogP contribution in [0.4, 0.5) is 0 Å². The summed E-state index contributed by atoms with van der Waals surface area (Å²) in [7, 11) is -1.72. The van der Waals surface area contributed by atoms with E-state index in [4.69, 9.17) is 9.53 Å². The number of hydrogen-bond acceptors (Lipinski definition) is 2. The standard InChI is InChI=1S/C13H26O2Si/c1-7-12(10-8-9-11-14)15-16(5,6)13(2,3)4/h7-9,12,14H,1,10-11H2,2-6H3/b9-8-/t12-/m0/s1. The maximum Gasteiger partial charge on any atom is 0.192 e. The molecule has 94 valence electrons. The Morgan fingerprint density at radius 1 is 1.31 bits per heavy atom. The number of hydrogen-bond donors (Lipinski definition) is 1. The van der Waals surface area contributed by atoms with Crippen LogP contribution in [0.25, 0.3) is 0 Å². The minimum absolute atomic E-state index is 0.0590. The average molecular weight is 242 g/mol. The summed E-state index contributed by atoms with van der Waals surface area (Å²) in [6.07, 6.45) is 6.38. The highest BCUT2D eigenvalue weighted by atomic mass is 28.4. The maximum absolute atomic E-state index is 8.67. The van der Waals surface area contributed by atoms with Crippen molar-refractivity contribution in [1.82, 2.24) is 0 Å². The van der Waals surface area contributed by atoms with Crippen LogP contribution in [0.5, 0.6) is 0 Å². The molecule has 0 bridgehead atoms. The van der Waals surface area contributed by atoms with Crippen LogP contribution in [-0.2, 0) is 4.43 Å². The first kappa shape index (κ1) is 15.6. The summed E-state index contributed by atoms with van der Waals surface area (Å²) in [5.74, 6) is 0. The van der Waals surface area contributed by atoms with Gasteiger partial charge in [0, 0.05) is 0 Å². The van der Waals surface area contributed by atoms with Gasteiger partial charge in [0.15, 0.2) is 8.32 Å². The van der Waals surface area contributed by atoms with E-state index >= 15 is 0 Å². The van der Waals surface area contributed by atoms with Gasteiger partial charge in [-0.15, -0.1) is 6.58 Å². The first-order valence-corrected chi connectivity index (χ1v) is 8.71. The van der Waals surface area contributed by atoms with Crippen LogP contribution < -0.4 is 0 Å². The van der Waals surface area contributed by atoms with E-state index in [1.54, 1.807) is 6.08 Å². The summed E-state index contributed by atoms with van der Waals surface area (Å²) >= 11 is 0. The van der Waals surface area contributed by atoms with Crippen LogP contribution in [-0.4, -0.2) is 26.1 Å². The van der Waals surface area contributed by atoms with Gasteiger partial charge >= 0.3 is 0 Å². The molecule has 1 atom stereocenters. The molecule has 0 fully saturated rings. The van der Waals surface area contributed by atoms with Gasteiger partial charge in [0.25, 0.3) is 0 Å². The van der Waals surface area contributed by atoms with Crippen molar-refractivity contribution in [3.8, 4) is 0 Å². The third kappa shape index (κ3) is 5.10. The molecule has 0 aliphatic heterocycles. The minimum Gasteiger partial charge on any atom is -0.410 e. The van der Waals surface area contributed by atoms with Crippen LogP contribution in [0.15, 0.2) is 24.8 Å². The van der Waals surface area contributed by atoms with E-state index < -0.39 is 8.32 Å². The topological polar surface area (TPSA) is 29.5 Å². The number of rotatable bonds is 6. The zero-order valence-electron chi connectivity index (χ0n) is 11.3. The lowest BCUT2D eigenvalue weighted by Crippen LogP contribution is -2.43. The van der Waals surface area contributed by atoms with Crippen molar-refractivity contribution in [3.05, 3.63) is 24.8 Å². The zero-order valence-corrected chi connectivity index (χ0v) is 12.3. The van der Waals surface area contributed by atoms with Gasteiger partial charge in [0.05, 0.1) is 12.7 Å². The van der Waals surface area contributed by atoms with Crippen LogP contribution in [0, 0.1) is 0 Å². The number of aliphatic hydroxyl groups is 1. The minimum atomic E-state index is -1.72. The van der Waals surface area contributed by atoms with Crippen molar-refractivity contribution >= 4 is 8.32 Å². The molecule has 0 saturated heterocycles. The Morgan fingerprint density at radius 3 is 2.25 bits per heavy atom. The predicted molar refractivity (Wildman–Crippen MR) is 73.1 cm³/mol. The van der Waals surface area contributed by atoms with Crippen molar-refractivity contribution < 1.29 is 9.53 Å². The molecule has 0 spiro atoms. The Balaban J connectivity index is 4.42. The van der Waals surface area contributed by atoms with Gasteiger partial charge in [-0.2, -0.15) is 0 Å². The first-order valence-electron chi connectivity index (χ1n) is 5.81. The fraction of sp³-hybridized carbons (Fsp3) is 0.692. The summed E-state index contributed by atoms with van der Waals surface area (Å²) in [4.78, 5) is 0. The van der Waals surface area contributed by atoms with E-state index in [0.29, 0.717) is 0 Å². The highest BCUT2D eigenvalue weighted by molar-refractivity contribution is 6.74. The van der Waals surface area contributed by atoms with E-state index in [-0.39, 0.29) is 17.7 Å². The van der Waals surface area contributed by atoms with Crippen molar-refractivity contribution in [1.29, 1.82) is 0 Å². The van der Waals surface area contributed by atoms with E-state index in [1.807, 2.05) is 12.2 Å². The third-order valence-electron chi connectivity index (χ3n) is 3.16. The highest BCUT2D eigenvalue weighted by Crippen LogP contribution is 2.37. The van der Waals surface area contributed by atoms with Gasteiger partial charge in [-0.25, -0.2) is 0 Å². The highest BCUT2D eigenvalue weighted by Gasteiger charge is 2.38. The van der Waals surface area contributed by atoms with E-state index in [0.717, 1.165) is 6.42 Å². The molecule has 0 aromatic carbocycles. The Kier molecular flexibility index (Phi) is 6.22. The lowest BCUT2D eigenvalue weighted by molar-refractivity contribution is 0.228. The molecule has 0 aromatic rings. The van der Waals surface area contributed by atoms with Crippen molar-refractivity contribution in [3.63, 3.8) is 0 Å². The normalized spacial score (nSPS) is 15.4. The molecule has 0 aliphatic rings. The molecule has 3 heteroatoms. The fourth-order valence-electron chi connectivity index (χ4n) is 1.05. The van der Waals surface area contributed by atoms with Crippen LogP contribution in [0.1, 0.15) is 27.2 Å². The summed E-state index contributed by atoms with van der Waals surface area (Å²) in [6.45, 7) is 15.0. The third-order valence-corrected chi connectivity index (χ3v) is 7.66. The molecule has 2 nitrogen and oxygen atoms in total. The first-order chi connectivity index (χ1) is 7.24. The van der Waals surface area contributed by atoms with Crippen LogP contribution >= 0.6 is 0 Å². The molecule has 0 amide bonds. The summed E-state index contributed by atoms with van der Waals surface area (Å²) in [5, 5.41) is 8.89. The second-order valence-electron chi connectivity index (χ2n) is 5.54. The lowest BCUT2D eigenvalue weighted by Gasteiger charge is -2.38. The Morgan fingerprint density at radius 2 is 1.88 bits per heavy atom. The molecule has 0 saturated carbocycles. The predicted octanol–water partition coefficient (Wildman–Crippen LogP) is 3.50. The largest absolute Gasteiger partial charge is 0.410 e. The van der Waals surface area contributed by atoms with E-state index in [1.165, 1.54) is 0 Å². The van der Waals surface area contributed by atoms with Crippen LogP contribution in [0.3, 0.4) is 0 Å². The quantitative estimate of drug-likeness (QED) is 0.570. The molecule has 0 rings (SSSR count). The van der Waals surface area contributed by atoms with Gasteiger partial charge in [-0.1, -0.05) is 39.0 Å². The van der Waals surface area contributed by atoms with Crippen molar-refractivity contribution in [2.75, 3.05) is 6.61 Å². The second-order valence-corrected chi connectivity index (χ2v) is 10.3. The SMILES string of the molecule is C=C[C@@H](C/C=C\CO)O[Si](C)(C)C(C)(C)C. The Labute approximate surface area is 101 Å². The van der Waals surface area contributed by atoms with Crippen LogP contribution in [0.2, 0.25) is 18.1 Å². The summed E-state index contributed by atoms with van der Waals surface area (Å²) in [5.41, 5.74) is 0. The summed E-state index contributed by atoms with van der Waals surface area (Å²) < 4.78 is 6.19. The van der Waals surface area contributed by atoms with Gasteiger partial charge < -0.3 is 9.53 Å². The monoisotopic (exact) mass is 242 g/mol. The molecule has 0 radical (unpaired) electrons. The average Bonchev–Trinajstić information content (AvgIpc) is 2.14. The summed E-state index contributed by atoms with van der Waals surface area (Å²) in [6, 6.07) is 0. The van der Waals surface area contributed by atoms with Crippen molar-refractivity contribution in [2.24, 2.45) is 0 Å². The van der Waals surface area contributed by atoms with Gasteiger partial charge in [0.2, 0.25) is 0 Å². The fourth-order valence-corrected chi connectivity index (χ4v) is 2.36. The maximum atomic E-state index is 8.67. The lowest BCUT2D eigenvalue weighted by atomic mass is 10.2. The Hall–Kier alpha value is -0.383. The molecular formula is C13H26O2Si. The smallest absolute Gasteiger partial charge is 0.192 e. The number of aliphatic hydroxyl groups excluding tert-OH is 1. The van der Waals surface area contributed by atoms with Gasteiger partial charge in [-0.05, 0) is 24.6 Å². The molecular weight excluding hydrogens is 216 g/mol.